The fraction of sp³-hybridized carbons (Fsp3) is 0.667. The smallest absolute Gasteiger partial charge is 0.257 e. The number of nitrogens with zero attached hydrogens (tertiary/aromatic N) is 3. The summed E-state index contributed by atoms with van der Waals surface area (Å²) in [6.45, 7) is 8.16. The number of carbonyl (C=O) groups is 1. The van der Waals surface area contributed by atoms with E-state index in [-0.39, 0.29) is 5.91 Å². The normalized spacial score (nSPS) is 21.0. The summed E-state index contributed by atoms with van der Waals surface area (Å²) in [6, 6.07) is 0. The zero-order valence-electron chi connectivity index (χ0n) is 12.8. The number of piperidine rings is 1. The SMILES string of the molecule is Cc1nc(C)c(C(=O)N2CCC3(CC2)OCCO3)c(C)n1. The van der Waals surface area contributed by atoms with Crippen molar-refractivity contribution in [3.8, 4) is 0 Å². The topological polar surface area (TPSA) is 64.6 Å². The summed E-state index contributed by atoms with van der Waals surface area (Å²) in [5.41, 5.74) is 2.13. The van der Waals surface area contributed by atoms with E-state index in [0.29, 0.717) is 37.7 Å². The number of carbonyl (C=O) groups excluding carboxylic acids is 1. The first-order chi connectivity index (χ1) is 10.0. The molecule has 0 unspecified atom stereocenters. The van der Waals surface area contributed by atoms with Crippen molar-refractivity contribution in [1.82, 2.24) is 14.9 Å². The molecule has 1 spiro atoms. The number of ether oxygens (including phenoxy) is 2. The second kappa shape index (κ2) is 5.35. The van der Waals surface area contributed by atoms with Crippen LogP contribution in [0.25, 0.3) is 0 Å². The molecule has 0 aliphatic carbocycles. The highest BCUT2D eigenvalue weighted by Gasteiger charge is 2.41. The van der Waals surface area contributed by atoms with E-state index in [1.807, 2.05) is 25.7 Å². The maximum Gasteiger partial charge on any atom is 0.257 e. The monoisotopic (exact) mass is 291 g/mol. The Morgan fingerprint density at radius 1 is 1.05 bits per heavy atom. The van der Waals surface area contributed by atoms with Gasteiger partial charge in [0.2, 0.25) is 0 Å². The Kier molecular flexibility index (Phi) is 3.67. The van der Waals surface area contributed by atoms with Crippen LogP contribution >= 0.6 is 0 Å². The molecule has 6 nitrogen and oxygen atoms in total. The minimum atomic E-state index is -0.454. The summed E-state index contributed by atoms with van der Waals surface area (Å²) in [5, 5.41) is 0. The molecule has 0 atom stereocenters. The summed E-state index contributed by atoms with van der Waals surface area (Å²) in [5.74, 6) is 0.259. The van der Waals surface area contributed by atoms with Crippen LogP contribution in [0.15, 0.2) is 0 Å². The number of aryl methyl sites for hydroxylation is 3. The van der Waals surface area contributed by atoms with Gasteiger partial charge in [-0.3, -0.25) is 4.79 Å². The van der Waals surface area contributed by atoms with Crippen molar-refractivity contribution >= 4 is 5.91 Å². The first kappa shape index (κ1) is 14.4. The second-order valence-electron chi connectivity index (χ2n) is 5.72. The summed E-state index contributed by atoms with van der Waals surface area (Å²) in [6.07, 6.45) is 1.45. The number of hydrogen-bond acceptors (Lipinski definition) is 5. The Balaban J connectivity index is 1.75. The van der Waals surface area contributed by atoms with Crippen molar-refractivity contribution in [3.63, 3.8) is 0 Å². The average molecular weight is 291 g/mol. The predicted molar refractivity (Wildman–Crippen MR) is 76.0 cm³/mol. The van der Waals surface area contributed by atoms with Crippen molar-refractivity contribution < 1.29 is 14.3 Å². The number of hydrogen-bond donors (Lipinski definition) is 0. The van der Waals surface area contributed by atoms with E-state index >= 15 is 0 Å². The first-order valence-electron chi connectivity index (χ1n) is 7.40. The molecule has 114 valence electrons. The zero-order chi connectivity index (χ0) is 15.0. The maximum atomic E-state index is 12.7. The summed E-state index contributed by atoms with van der Waals surface area (Å²) >= 11 is 0. The van der Waals surface area contributed by atoms with E-state index in [1.165, 1.54) is 0 Å². The Labute approximate surface area is 124 Å². The largest absolute Gasteiger partial charge is 0.347 e. The van der Waals surface area contributed by atoms with Crippen LogP contribution in [0.4, 0.5) is 0 Å². The number of aromatic nitrogens is 2. The number of rotatable bonds is 1. The molecule has 3 heterocycles. The van der Waals surface area contributed by atoms with Gasteiger partial charge in [0.05, 0.1) is 30.2 Å². The molecule has 1 aromatic rings. The van der Waals surface area contributed by atoms with Crippen molar-refractivity contribution in [2.75, 3.05) is 26.3 Å². The summed E-state index contributed by atoms with van der Waals surface area (Å²) < 4.78 is 11.4. The molecule has 2 aliphatic rings. The quantitative estimate of drug-likeness (QED) is 0.782. The van der Waals surface area contributed by atoms with Crippen molar-refractivity contribution in [2.24, 2.45) is 0 Å². The third-order valence-corrected chi connectivity index (χ3v) is 4.22. The maximum absolute atomic E-state index is 12.7. The second-order valence-corrected chi connectivity index (χ2v) is 5.72. The lowest BCUT2D eigenvalue weighted by molar-refractivity contribution is -0.181. The van der Waals surface area contributed by atoms with Crippen LogP contribution in [0.5, 0.6) is 0 Å². The van der Waals surface area contributed by atoms with Gasteiger partial charge in [0, 0.05) is 25.9 Å². The van der Waals surface area contributed by atoms with Crippen LogP contribution < -0.4 is 0 Å². The molecule has 6 heteroatoms. The highest BCUT2D eigenvalue weighted by Crippen LogP contribution is 2.32. The third-order valence-electron chi connectivity index (χ3n) is 4.22. The van der Waals surface area contributed by atoms with E-state index in [4.69, 9.17) is 9.47 Å². The number of likely N-dealkylation sites (tertiary alicyclic amines) is 1. The van der Waals surface area contributed by atoms with Crippen LogP contribution in [0.1, 0.15) is 40.4 Å². The van der Waals surface area contributed by atoms with Gasteiger partial charge >= 0.3 is 0 Å². The molecule has 2 saturated heterocycles. The standard InChI is InChI=1S/C15H21N3O3/c1-10-13(11(2)17-12(3)16-10)14(19)18-6-4-15(5-7-18)20-8-9-21-15/h4-9H2,1-3H3. The molecule has 21 heavy (non-hydrogen) atoms. The Morgan fingerprint density at radius 2 is 1.57 bits per heavy atom. The van der Waals surface area contributed by atoms with Gasteiger partial charge in [-0.25, -0.2) is 9.97 Å². The molecule has 0 radical (unpaired) electrons. The molecule has 0 aromatic carbocycles. The van der Waals surface area contributed by atoms with Gasteiger partial charge < -0.3 is 14.4 Å². The van der Waals surface area contributed by atoms with Gasteiger partial charge in [-0.1, -0.05) is 0 Å². The predicted octanol–water partition coefficient (Wildman–Crippen LogP) is 1.38. The molecule has 1 amide bonds. The Bertz CT molecular complexity index is 534. The highest BCUT2D eigenvalue weighted by molar-refractivity contribution is 5.96. The Hall–Kier alpha value is -1.53. The van der Waals surface area contributed by atoms with Crippen molar-refractivity contribution in [1.29, 1.82) is 0 Å². The van der Waals surface area contributed by atoms with Crippen LogP contribution in [-0.4, -0.2) is 52.9 Å². The van der Waals surface area contributed by atoms with E-state index < -0.39 is 5.79 Å². The van der Waals surface area contributed by atoms with Gasteiger partial charge in [-0.05, 0) is 20.8 Å². The van der Waals surface area contributed by atoms with Gasteiger partial charge in [0.1, 0.15) is 5.82 Å². The van der Waals surface area contributed by atoms with E-state index in [1.54, 1.807) is 0 Å². The third kappa shape index (κ3) is 2.65. The molecular formula is C15H21N3O3. The minimum Gasteiger partial charge on any atom is -0.347 e. The van der Waals surface area contributed by atoms with Crippen molar-refractivity contribution in [3.05, 3.63) is 22.8 Å². The first-order valence-corrected chi connectivity index (χ1v) is 7.40. The van der Waals surface area contributed by atoms with Gasteiger partial charge in [0.25, 0.3) is 5.91 Å². The number of amides is 1. The average Bonchev–Trinajstić information content (AvgIpc) is 2.86. The van der Waals surface area contributed by atoms with E-state index in [2.05, 4.69) is 9.97 Å². The molecule has 0 bridgehead atoms. The molecule has 3 rings (SSSR count). The van der Waals surface area contributed by atoms with Crippen LogP contribution in [-0.2, 0) is 9.47 Å². The lowest BCUT2D eigenvalue weighted by Gasteiger charge is -2.37. The van der Waals surface area contributed by atoms with E-state index in [9.17, 15) is 4.79 Å². The molecule has 0 N–H and O–H groups in total. The van der Waals surface area contributed by atoms with Crippen molar-refractivity contribution in [2.45, 2.75) is 39.4 Å². The highest BCUT2D eigenvalue weighted by atomic mass is 16.7. The fourth-order valence-corrected chi connectivity index (χ4v) is 3.19. The summed E-state index contributed by atoms with van der Waals surface area (Å²) in [4.78, 5) is 23.2. The fourth-order valence-electron chi connectivity index (χ4n) is 3.19. The lowest BCUT2D eigenvalue weighted by Crippen LogP contribution is -2.47. The molecule has 2 aliphatic heterocycles. The minimum absolute atomic E-state index is 0.0119. The van der Waals surface area contributed by atoms with Crippen LogP contribution in [0, 0.1) is 20.8 Å². The molecular weight excluding hydrogens is 270 g/mol. The molecule has 2 fully saturated rings. The Morgan fingerprint density at radius 3 is 2.10 bits per heavy atom. The van der Waals surface area contributed by atoms with Gasteiger partial charge in [-0.2, -0.15) is 0 Å². The van der Waals surface area contributed by atoms with Gasteiger partial charge in [0.15, 0.2) is 5.79 Å². The van der Waals surface area contributed by atoms with Crippen LogP contribution in [0.2, 0.25) is 0 Å². The van der Waals surface area contributed by atoms with Gasteiger partial charge in [-0.15, -0.1) is 0 Å². The van der Waals surface area contributed by atoms with Crippen LogP contribution in [0.3, 0.4) is 0 Å². The molecule has 1 aromatic heterocycles. The zero-order valence-corrected chi connectivity index (χ0v) is 12.8. The molecule has 0 saturated carbocycles. The lowest BCUT2D eigenvalue weighted by atomic mass is 10.0. The summed E-state index contributed by atoms with van der Waals surface area (Å²) in [7, 11) is 0. The van der Waals surface area contributed by atoms with E-state index in [0.717, 1.165) is 24.2 Å².